The van der Waals surface area contributed by atoms with E-state index >= 15 is 0 Å². The van der Waals surface area contributed by atoms with Crippen molar-refractivity contribution in [2.24, 2.45) is 11.1 Å². The van der Waals surface area contributed by atoms with Crippen LogP contribution in [0.4, 0.5) is 4.79 Å². The molecule has 238 valence electrons. The maximum absolute atomic E-state index is 14.2. The van der Waals surface area contributed by atoms with Crippen molar-refractivity contribution in [3.63, 3.8) is 0 Å². The summed E-state index contributed by atoms with van der Waals surface area (Å²) in [5, 5.41) is 24.3. The van der Waals surface area contributed by atoms with Gasteiger partial charge in [-0.15, -0.1) is 0 Å². The number of carboxylic acid groups (broad SMARTS) is 1. The van der Waals surface area contributed by atoms with E-state index < -0.39 is 39.7 Å². The lowest BCUT2D eigenvalue weighted by Gasteiger charge is -2.44. The zero-order chi connectivity index (χ0) is 31.0. The zero-order valence-electron chi connectivity index (χ0n) is 24.7. The maximum Gasteiger partial charge on any atom is 0.243 e. The first-order valence-electron chi connectivity index (χ1n) is 14.5. The largest absolute Gasteiger partial charge is 0.530 e. The molecule has 0 bridgehead atoms. The first-order valence-corrected chi connectivity index (χ1v) is 15.9. The van der Waals surface area contributed by atoms with E-state index in [2.05, 4.69) is 0 Å². The lowest BCUT2D eigenvalue weighted by molar-refractivity contribution is -0.278. The van der Waals surface area contributed by atoms with Gasteiger partial charge in [-0.3, -0.25) is 0 Å². The van der Waals surface area contributed by atoms with Gasteiger partial charge in [-0.05, 0) is 48.9 Å². The van der Waals surface area contributed by atoms with Crippen LogP contribution in [-0.4, -0.2) is 93.4 Å². The molecule has 1 saturated heterocycles. The van der Waals surface area contributed by atoms with Gasteiger partial charge in [0.25, 0.3) is 0 Å². The first kappa shape index (κ1) is 33.0. The van der Waals surface area contributed by atoms with E-state index in [0.717, 1.165) is 23.3 Å². The fourth-order valence-corrected chi connectivity index (χ4v) is 7.20. The highest BCUT2D eigenvalue weighted by Crippen LogP contribution is 2.36. The van der Waals surface area contributed by atoms with Crippen molar-refractivity contribution < 1.29 is 42.4 Å². The Hall–Kier alpha value is -2.94. The number of sulfonamides is 1. The SMILES string of the molecule is CC(C)(CCCCN)CN(C[C@@H](O)[C@H](Cc1ccccc1)N(C(=O)[O-])C1COCOC1)S(=O)(=O)c1ccc2c(c1)OCO2. The molecule has 2 aliphatic heterocycles. The summed E-state index contributed by atoms with van der Waals surface area (Å²) in [5.74, 6) is 0.753. The van der Waals surface area contributed by atoms with Crippen molar-refractivity contribution >= 4 is 16.1 Å². The Bertz CT molecular complexity index is 1300. The number of rotatable bonds is 15. The summed E-state index contributed by atoms with van der Waals surface area (Å²) in [4.78, 5) is 13.6. The van der Waals surface area contributed by atoms with Crippen LogP contribution < -0.4 is 20.3 Å². The molecule has 13 heteroatoms. The van der Waals surface area contributed by atoms with E-state index in [1.54, 1.807) is 0 Å². The minimum atomic E-state index is -4.18. The molecule has 1 amide bonds. The molecule has 43 heavy (non-hydrogen) atoms. The Kier molecular flexibility index (Phi) is 11.3. The van der Waals surface area contributed by atoms with Crippen LogP contribution in [0, 0.1) is 5.41 Å². The molecular weight excluding hydrogens is 578 g/mol. The van der Waals surface area contributed by atoms with Crippen molar-refractivity contribution in [2.45, 2.75) is 62.6 Å². The fraction of sp³-hybridized carbons (Fsp3) is 0.567. The highest BCUT2D eigenvalue weighted by Gasteiger charge is 2.38. The van der Waals surface area contributed by atoms with Crippen LogP contribution in [0.2, 0.25) is 0 Å². The lowest BCUT2D eigenvalue weighted by atomic mass is 9.87. The van der Waals surface area contributed by atoms with Crippen molar-refractivity contribution in [3.05, 3.63) is 54.1 Å². The van der Waals surface area contributed by atoms with Crippen LogP contribution in [0.25, 0.3) is 0 Å². The van der Waals surface area contributed by atoms with Crippen molar-refractivity contribution in [3.8, 4) is 11.5 Å². The number of fused-ring (bicyclic) bond motifs is 1. The van der Waals surface area contributed by atoms with E-state index in [9.17, 15) is 23.4 Å². The lowest BCUT2D eigenvalue weighted by Crippen LogP contribution is -2.62. The summed E-state index contributed by atoms with van der Waals surface area (Å²) in [6.45, 7) is 4.29. The second-order valence-corrected chi connectivity index (χ2v) is 13.7. The Morgan fingerprint density at radius 3 is 2.44 bits per heavy atom. The minimum Gasteiger partial charge on any atom is -0.530 e. The van der Waals surface area contributed by atoms with E-state index in [1.165, 1.54) is 22.5 Å². The normalized spacial score (nSPS) is 17.1. The van der Waals surface area contributed by atoms with E-state index in [0.29, 0.717) is 24.5 Å². The molecule has 2 atom stereocenters. The average Bonchev–Trinajstić information content (AvgIpc) is 3.45. The van der Waals surface area contributed by atoms with Crippen LogP contribution in [-0.2, 0) is 25.9 Å². The van der Waals surface area contributed by atoms with Crippen LogP contribution >= 0.6 is 0 Å². The fourth-order valence-electron chi connectivity index (χ4n) is 5.54. The highest BCUT2D eigenvalue weighted by molar-refractivity contribution is 7.89. The number of nitrogens with two attached hydrogens (primary N) is 1. The molecule has 1 fully saturated rings. The number of hydrogen-bond donors (Lipinski definition) is 2. The molecule has 4 rings (SSSR count). The number of aliphatic hydroxyl groups is 1. The Morgan fingerprint density at radius 2 is 1.77 bits per heavy atom. The third-order valence-electron chi connectivity index (χ3n) is 7.77. The number of benzene rings is 2. The Morgan fingerprint density at radius 1 is 1.07 bits per heavy atom. The molecular formula is C30H42N3O9S-. The van der Waals surface area contributed by atoms with Gasteiger partial charge in [-0.25, -0.2) is 8.42 Å². The second-order valence-electron chi connectivity index (χ2n) is 11.7. The molecule has 3 N–H and O–H groups in total. The Labute approximate surface area is 253 Å². The number of carbonyl (C=O) groups excluding carboxylic acids is 1. The van der Waals surface area contributed by atoms with E-state index in [1.807, 2.05) is 44.2 Å². The molecule has 2 heterocycles. The summed E-state index contributed by atoms with van der Waals surface area (Å²) in [6.07, 6.45) is -0.518. The number of ether oxygens (including phenoxy) is 4. The van der Waals surface area contributed by atoms with Gasteiger partial charge in [0.05, 0.1) is 36.3 Å². The first-order chi connectivity index (χ1) is 20.5. The molecule has 2 aliphatic rings. The molecule has 2 aromatic rings. The van der Waals surface area contributed by atoms with Gasteiger partial charge in [-0.2, -0.15) is 4.31 Å². The Balaban J connectivity index is 1.69. The number of aliphatic hydroxyl groups excluding tert-OH is 1. The van der Waals surface area contributed by atoms with E-state index in [-0.39, 0.29) is 51.2 Å². The van der Waals surface area contributed by atoms with Gasteiger partial charge in [0.1, 0.15) is 12.9 Å². The standard InChI is InChI=1S/C30H43N3O9S/c1-30(2,12-6-7-13-31)19-32(43(37,38)24-10-11-27-28(15-24)42-21-41-27)16-26(34)25(14-22-8-4-3-5-9-22)33(29(35)36)23-17-39-20-40-18-23/h3-5,8-11,15,23,25-26,34H,6-7,12-14,16-21,31H2,1-2H3,(H,35,36)/p-1/t25-,26+/m0/s1. The van der Waals surface area contributed by atoms with Crippen molar-refractivity contribution in [2.75, 3.05) is 46.4 Å². The van der Waals surface area contributed by atoms with Crippen molar-refractivity contribution in [1.82, 2.24) is 9.21 Å². The molecule has 0 aromatic heterocycles. The number of nitrogens with zero attached hydrogens (tertiary/aromatic N) is 2. The predicted octanol–water partition coefficient (Wildman–Crippen LogP) is 1.55. The summed E-state index contributed by atoms with van der Waals surface area (Å²) in [6, 6.07) is 11.7. The monoisotopic (exact) mass is 620 g/mol. The van der Waals surface area contributed by atoms with Gasteiger partial charge in [0.2, 0.25) is 16.8 Å². The van der Waals surface area contributed by atoms with Crippen LogP contribution in [0.5, 0.6) is 11.5 Å². The molecule has 0 unspecified atom stereocenters. The predicted molar refractivity (Wildman–Crippen MR) is 156 cm³/mol. The summed E-state index contributed by atoms with van der Waals surface area (Å²) in [5.41, 5.74) is 5.98. The van der Waals surface area contributed by atoms with Crippen LogP contribution in [0.15, 0.2) is 53.4 Å². The third-order valence-corrected chi connectivity index (χ3v) is 9.57. The average molecular weight is 621 g/mol. The number of carbonyl (C=O) groups is 1. The van der Waals surface area contributed by atoms with Gasteiger partial charge in [-0.1, -0.05) is 50.6 Å². The summed E-state index contributed by atoms with van der Waals surface area (Å²) < 4.78 is 51.1. The van der Waals surface area contributed by atoms with Gasteiger partial charge >= 0.3 is 0 Å². The smallest absolute Gasteiger partial charge is 0.243 e. The molecule has 0 spiro atoms. The molecule has 0 aliphatic carbocycles. The minimum absolute atomic E-state index is 0.00967. The number of hydrogen-bond acceptors (Lipinski definition) is 10. The topological polar surface area (TPSA) is 164 Å². The zero-order valence-corrected chi connectivity index (χ0v) is 25.5. The van der Waals surface area contributed by atoms with Gasteiger partial charge in [0.15, 0.2) is 11.5 Å². The second kappa shape index (κ2) is 14.7. The summed E-state index contributed by atoms with van der Waals surface area (Å²) in [7, 11) is -4.18. The van der Waals surface area contributed by atoms with E-state index in [4.69, 9.17) is 24.7 Å². The summed E-state index contributed by atoms with van der Waals surface area (Å²) >= 11 is 0. The highest BCUT2D eigenvalue weighted by atomic mass is 32.2. The third kappa shape index (κ3) is 8.58. The van der Waals surface area contributed by atoms with Crippen molar-refractivity contribution in [1.29, 1.82) is 0 Å². The molecule has 0 saturated carbocycles. The van der Waals surface area contributed by atoms with Gasteiger partial charge in [0, 0.05) is 19.2 Å². The molecule has 2 aromatic carbocycles. The molecule has 0 radical (unpaired) electrons. The number of amides is 1. The maximum atomic E-state index is 14.2. The number of unbranched alkanes of at least 4 members (excludes halogenated alkanes) is 1. The van der Waals surface area contributed by atoms with Crippen LogP contribution in [0.1, 0.15) is 38.7 Å². The molecule has 12 nitrogen and oxygen atoms in total. The van der Waals surface area contributed by atoms with Gasteiger partial charge < -0.3 is 44.6 Å². The van der Waals surface area contributed by atoms with Crippen LogP contribution in [0.3, 0.4) is 0 Å². The quantitative estimate of drug-likeness (QED) is 0.279.